The molecule has 0 radical (unpaired) electrons. The molecule has 4 aliphatic carbocycles. The molecule has 1 aromatic carbocycles. The van der Waals surface area contributed by atoms with Crippen LogP contribution < -0.4 is 10.9 Å². The summed E-state index contributed by atoms with van der Waals surface area (Å²) in [6, 6.07) is 7.78. The lowest BCUT2D eigenvalue weighted by Gasteiger charge is -2.56. The second-order valence-electron chi connectivity index (χ2n) is 9.75. The van der Waals surface area contributed by atoms with Crippen LogP contribution in [0.5, 0.6) is 0 Å². The van der Waals surface area contributed by atoms with Gasteiger partial charge in [-0.25, -0.2) is 4.68 Å². The van der Waals surface area contributed by atoms with E-state index < -0.39 is 23.3 Å². The van der Waals surface area contributed by atoms with Gasteiger partial charge in [0.25, 0.3) is 5.91 Å². The van der Waals surface area contributed by atoms with Gasteiger partial charge in [0, 0.05) is 6.42 Å². The number of rotatable bonds is 4. The van der Waals surface area contributed by atoms with Crippen LogP contribution in [0.3, 0.4) is 0 Å². The maximum atomic E-state index is 13.7. The summed E-state index contributed by atoms with van der Waals surface area (Å²) in [6.45, 7) is 0. The predicted molar refractivity (Wildman–Crippen MR) is 109 cm³/mol. The first kappa shape index (κ1) is 21.0. The molecule has 9 heteroatoms. The molecule has 170 valence electrons. The summed E-state index contributed by atoms with van der Waals surface area (Å²) in [7, 11) is 0. The van der Waals surface area contributed by atoms with E-state index in [2.05, 4.69) is 16.0 Å². The first-order valence-electron chi connectivity index (χ1n) is 11.0. The van der Waals surface area contributed by atoms with E-state index >= 15 is 0 Å². The lowest BCUT2D eigenvalue weighted by atomic mass is 9.49. The van der Waals surface area contributed by atoms with Gasteiger partial charge in [0.2, 0.25) is 5.91 Å². The first-order valence-corrected chi connectivity index (χ1v) is 11.0. The molecule has 32 heavy (non-hydrogen) atoms. The van der Waals surface area contributed by atoms with Crippen molar-refractivity contribution < 1.29 is 22.8 Å². The van der Waals surface area contributed by atoms with E-state index in [0.717, 1.165) is 25.5 Å². The van der Waals surface area contributed by atoms with Crippen LogP contribution in [-0.4, -0.2) is 21.6 Å². The maximum Gasteiger partial charge on any atom is 0.434 e. The molecule has 6 rings (SSSR count). The molecule has 0 spiro atoms. The molecule has 0 unspecified atom stereocenters. The molecule has 2 aromatic rings. The fraction of sp³-hybridized carbons (Fsp3) is 0.522. The Balaban J connectivity index is 1.27. The number of nitrogens with zero attached hydrogens (tertiary/aromatic N) is 2. The van der Waals surface area contributed by atoms with Gasteiger partial charge in [0.15, 0.2) is 5.69 Å². The van der Waals surface area contributed by atoms with Gasteiger partial charge in [-0.2, -0.15) is 18.3 Å². The van der Waals surface area contributed by atoms with Crippen LogP contribution in [0.1, 0.15) is 61.0 Å². The summed E-state index contributed by atoms with van der Waals surface area (Å²) in [5, 5.41) is 3.77. The summed E-state index contributed by atoms with van der Waals surface area (Å²) in [4.78, 5) is 25.1. The Morgan fingerprint density at radius 1 is 1.00 bits per heavy atom. The molecule has 4 bridgehead atoms. The van der Waals surface area contributed by atoms with Crippen LogP contribution in [0.15, 0.2) is 36.5 Å². The highest BCUT2D eigenvalue weighted by molar-refractivity contribution is 5.96. The largest absolute Gasteiger partial charge is 0.434 e. The number of amides is 2. The van der Waals surface area contributed by atoms with Crippen molar-refractivity contribution in [1.82, 2.24) is 20.6 Å². The Kier molecular flexibility index (Phi) is 5.02. The molecule has 2 amide bonds. The number of halogens is 3. The number of aromatic nitrogens is 2. The van der Waals surface area contributed by atoms with Gasteiger partial charge >= 0.3 is 6.18 Å². The van der Waals surface area contributed by atoms with Crippen molar-refractivity contribution in [2.24, 2.45) is 23.2 Å². The number of carbonyl (C=O) groups is 2. The number of hydrogen-bond donors (Lipinski definition) is 2. The molecule has 0 saturated heterocycles. The van der Waals surface area contributed by atoms with Gasteiger partial charge in [-0.1, -0.05) is 18.2 Å². The number of carbonyl (C=O) groups excluding carboxylic acids is 2. The highest BCUT2D eigenvalue weighted by Gasteiger charge is 2.51. The van der Waals surface area contributed by atoms with E-state index in [0.29, 0.717) is 28.9 Å². The van der Waals surface area contributed by atoms with Crippen molar-refractivity contribution in [3.05, 3.63) is 47.8 Å². The Morgan fingerprint density at radius 3 is 2.16 bits per heavy atom. The number of alkyl halides is 3. The maximum absolute atomic E-state index is 13.7. The minimum absolute atomic E-state index is 0.0289. The third-order valence-corrected chi connectivity index (χ3v) is 7.30. The van der Waals surface area contributed by atoms with Gasteiger partial charge in [0.1, 0.15) is 0 Å². The summed E-state index contributed by atoms with van der Waals surface area (Å²) in [5.74, 6) is 0.646. The second kappa shape index (κ2) is 7.64. The molecule has 1 aromatic heterocycles. The number of hydrazine groups is 1. The summed E-state index contributed by atoms with van der Waals surface area (Å²) < 4.78 is 41.9. The highest BCUT2D eigenvalue weighted by Crippen LogP contribution is 2.61. The van der Waals surface area contributed by atoms with Crippen molar-refractivity contribution in [3.8, 4) is 5.69 Å². The molecule has 6 nitrogen and oxygen atoms in total. The van der Waals surface area contributed by atoms with E-state index in [1.54, 1.807) is 18.2 Å². The SMILES string of the molecule is O=C(CC12CC3CC(CC(C3)C1)C2)NNC(=O)c1cnn(-c2ccccc2)c1C(F)(F)F. The molecule has 4 saturated carbocycles. The van der Waals surface area contributed by atoms with Crippen LogP contribution in [0.2, 0.25) is 0 Å². The summed E-state index contributed by atoms with van der Waals surface area (Å²) in [6.07, 6.45) is 3.22. The average Bonchev–Trinajstić information content (AvgIpc) is 3.17. The monoisotopic (exact) mass is 446 g/mol. The third kappa shape index (κ3) is 3.89. The van der Waals surface area contributed by atoms with Crippen molar-refractivity contribution in [1.29, 1.82) is 0 Å². The summed E-state index contributed by atoms with van der Waals surface area (Å²) >= 11 is 0. The Morgan fingerprint density at radius 2 is 1.59 bits per heavy atom. The van der Waals surface area contributed by atoms with E-state index in [1.165, 1.54) is 31.4 Å². The zero-order valence-corrected chi connectivity index (χ0v) is 17.5. The van der Waals surface area contributed by atoms with Gasteiger partial charge < -0.3 is 0 Å². The first-order chi connectivity index (χ1) is 15.2. The molecule has 1 heterocycles. The third-order valence-electron chi connectivity index (χ3n) is 7.30. The van der Waals surface area contributed by atoms with Crippen molar-refractivity contribution in [3.63, 3.8) is 0 Å². The van der Waals surface area contributed by atoms with Crippen LogP contribution in [0.25, 0.3) is 5.69 Å². The van der Waals surface area contributed by atoms with Gasteiger partial charge in [-0.05, 0) is 73.8 Å². The Hall–Kier alpha value is -2.84. The number of para-hydroxylation sites is 1. The van der Waals surface area contributed by atoms with E-state index in [4.69, 9.17) is 0 Å². The number of hydrogen-bond acceptors (Lipinski definition) is 3. The van der Waals surface area contributed by atoms with Crippen molar-refractivity contribution in [2.75, 3.05) is 0 Å². The number of nitrogens with one attached hydrogen (secondary N) is 2. The lowest BCUT2D eigenvalue weighted by Crippen LogP contribution is -2.50. The normalized spacial score (nSPS) is 28.5. The fourth-order valence-electron chi connectivity index (χ4n) is 6.64. The Bertz CT molecular complexity index is 996. The van der Waals surface area contributed by atoms with Gasteiger partial charge in [-0.15, -0.1) is 0 Å². The van der Waals surface area contributed by atoms with Crippen LogP contribution in [-0.2, 0) is 11.0 Å². The lowest BCUT2D eigenvalue weighted by molar-refractivity contribution is -0.143. The molecule has 0 aliphatic heterocycles. The zero-order valence-electron chi connectivity index (χ0n) is 17.5. The Labute approximate surface area is 183 Å². The minimum Gasteiger partial charge on any atom is -0.273 e. The molecule has 4 fully saturated rings. The second-order valence-corrected chi connectivity index (χ2v) is 9.75. The quantitative estimate of drug-likeness (QED) is 0.689. The standard InChI is InChI=1S/C23H25F3N4O2/c24-23(25,26)20-18(13-27-30(20)17-4-2-1-3-5-17)21(32)29-28-19(31)12-22-9-14-6-15(10-22)8-16(7-14)11-22/h1-5,13-16H,6-12H2,(H,28,31)(H,29,32). The van der Waals surface area contributed by atoms with E-state index in [9.17, 15) is 22.8 Å². The molecular weight excluding hydrogens is 421 g/mol. The minimum atomic E-state index is -4.80. The number of benzene rings is 1. The smallest absolute Gasteiger partial charge is 0.273 e. The average molecular weight is 446 g/mol. The highest BCUT2D eigenvalue weighted by atomic mass is 19.4. The predicted octanol–water partition coefficient (Wildman–Crippen LogP) is 4.26. The van der Waals surface area contributed by atoms with Crippen LogP contribution in [0.4, 0.5) is 13.2 Å². The molecule has 2 N–H and O–H groups in total. The molecule has 4 aliphatic rings. The van der Waals surface area contributed by atoms with Gasteiger partial charge in [-0.3, -0.25) is 20.4 Å². The fourth-order valence-corrected chi connectivity index (χ4v) is 6.64. The van der Waals surface area contributed by atoms with Gasteiger partial charge in [0.05, 0.1) is 17.4 Å². The van der Waals surface area contributed by atoms with E-state index in [-0.39, 0.29) is 17.0 Å². The van der Waals surface area contributed by atoms with Crippen LogP contribution >= 0.6 is 0 Å². The summed E-state index contributed by atoms with van der Waals surface area (Å²) in [5.41, 5.74) is 2.84. The van der Waals surface area contributed by atoms with Crippen molar-refractivity contribution >= 4 is 11.8 Å². The topological polar surface area (TPSA) is 76.0 Å². The van der Waals surface area contributed by atoms with Crippen LogP contribution in [0, 0.1) is 23.2 Å². The molecule has 0 atom stereocenters. The van der Waals surface area contributed by atoms with E-state index in [1.807, 2.05) is 0 Å². The zero-order chi connectivity index (χ0) is 22.5. The molecular formula is C23H25F3N4O2. The van der Waals surface area contributed by atoms with Crippen molar-refractivity contribution in [2.45, 2.75) is 51.1 Å².